The van der Waals surface area contributed by atoms with E-state index in [2.05, 4.69) is 49.4 Å². The summed E-state index contributed by atoms with van der Waals surface area (Å²) in [5, 5.41) is 16.3. The van der Waals surface area contributed by atoms with E-state index in [9.17, 15) is 14.0 Å². The third-order valence-corrected chi connectivity index (χ3v) is 7.48. The van der Waals surface area contributed by atoms with Crippen molar-refractivity contribution in [3.8, 4) is 11.3 Å². The van der Waals surface area contributed by atoms with Gasteiger partial charge in [-0.3, -0.25) is 9.48 Å². The average molecular weight is 554 g/mol. The first-order valence-electron chi connectivity index (χ1n) is 13.8. The minimum atomic E-state index is -0.994. The van der Waals surface area contributed by atoms with Crippen molar-refractivity contribution in [2.24, 2.45) is 13.0 Å². The molecule has 3 aromatic rings. The van der Waals surface area contributed by atoms with Crippen LogP contribution in [0.5, 0.6) is 0 Å². The Morgan fingerprint density at radius 2 is 1.80 bits per heavy atom. The van der Waals surface area contributed by atoms with Crippen molar-refractivity contribution >= 4 is 18.0 Å². The molecular formula is C34H36FN3O3. The SMILES string of the molecule is CC/C(=C\c1cc(-c2cc(C(=O)NCc3ccc(C(=O)O)cc3)nn2C)ccc1C)C1=CC(F)=CC(CC)C(C)=C1. The molecule has 0 saturated heterocycles. The van der Waals surface area contributed by atoms with Crippen LogP contribution in [-0.2, 0) is 13.6 Å². The van der Waals surface area contributed by atoms with Crippen molar-refractivity contribution in [3.63, 3.8) is 0 Å². The first kappa shape index (κ1) is 29.5. The Balaban J connectivity index is 1.57. The molecule has 0 fully saturated rings. The Kier molecular flexibility index (Phi) is 9.17. The predicted octanol–water partition coefficient (Wildman–Crippen LogP) is 7.58. The molecule has 0 spiro atoms. The molecule has 1 aromatic heterocycles. The summed E-state index contributed by atoms with van der Waals surface area (Å²) < 4.78 is 16.4. The Bertz CT molecular complexity index is 1590. The second-order valence-corrected chi connectivity index (χ2v) is 10.4. The van der Waals surface area contributed by atoms with Gasteiger partial charge in [0, 0.05) is 25.1 Å². The molecule has 2 N–H and O–H groups in total. The lowest BCUT2D eigenvalue weighted by Crippen LogP contribution is -2.23. The minimum absolute atomic E-state index is 0.0978. The van der Waals surface area contributed by atoms with Crippen molar-refractivity contribution in [2.45, 2.75) is 47.1 Å². The molecule has 0 radical (unpaired) electrons. The highest BCUT2D eigenvalue weighted by atomic mass is 19.1. The van der Waals surface area contributed by atoms with Gasteiger partial charge >= 0.3 is 5.97 Å². The first-order chi connectivity index (χ1) is 19.6. The van der Waals surface area contributed by atoms with Crippen LogP contribution >= 0.6 is 0 Å². The fourth-order valence-electron chi connectivity index (χ4n) is 4.96. The standard InChI is InChI=1S/C34H36FN3O3/c1-6-24-17-30(35)18-29(14-22(24)4)25(7-2)15-28-16-27(11-8-21(28)3)32-19-31(37-38(32)5)33(39)36-20-23-9-12-26(13-10-23)34(40)41/h8-19,24H,6-7,20H2,1-5H3,(H,36,39)(H,40,41)/b25-15+. The Hall–Kier alpha value is -4.52. The summed E-state index contributed by atoms with van der Waals surface area (Å²) in [5.41, 5.74) is 8.16. The van der Waals surface area contributed by atoms with Crippen molar-refractivity contribution in [3.05, 3.63) is 117 Å². The number of carbonyl (C=O) groups excluding carboxylic acids is 1. The molecule has 0 bridgehead atoms. The van der Waals surface area contributed by atoms with Gasteiger partial charge < -0.3 is 10.4 Å². The van der Waals surface area contributed by atoms with E-state index >= 15 is 0 Å². The van der Waals surface area contributed by atoms with Gasteiger partial charge in [0.1, 0.15) is 5.83 Å². The average Bonchev–Trinajstić information content (AvgIpc) is 3.28. The number of nitrogens with one attached hydrogen (secondary N) is 1. The van der Waals surface area contributed by atoms with E-state index in [4.69, 9.17) is 5.11 Å². The van der Waals surface area contributed by atoms with E-state index in [0.717, 1.165) is 57.5 Å². The summed E-state index contributed by atoms with van der Waals surface area (Å²) in [4.78, 5) is 23.9. The molecule has 1 aliphatic carbocycles. The van der Waals surface area contributed by atoms with Crippen LogP contribution in [0.1, 0.15) is 71.1 Å². The van der Waals surface area contributed by atoms with Gasteiger partial charge in [-0.15, -0.1) is 0 Å². The van der Waals surface area contributed by atoms with Crippen LogP contribution in [-0.4, -0.2) is 26.8 Å². The van der Waals surface area contributed by atoms with Gasteiger partial charge in [-0.05, 0) is 90.9 Å². The second-order valence-electron chi connectivity index (χ2n) is 10.4. The molecule has 4 rings (SSSR count). The molecular weight excluding hydrogens is 517 g/mol. The molecule has 1 unspecified atom stereocenters. The van der Waals surface area contributed by atoms with Gasteiger partial charge in [0.05, 0.1) is 11.3 Å². The number of nitrogens with zero attached hydrogens (tertiary/aromatic N) is 2. The molecule has 41 heavy (non-hydrogen) atoms. The number of benzene rings is 2. The lowest BCUT2D eigenvalue weighted by Gasteiger charge is -2.12. The van der Waals surface area contributed by atoms with Crippen LogP contribution in [0.3, 0.4) is 0 Å². The van der Waals surface area contributed by atoms with E-state index in [1.165, 1.54) is 12.1 Å². The Labute approximate surface area is 240 Å². The minimum Gasteiger partial charge on any atom is -0.478 e. The molecule has 1 aliphatic rings. The molecule has 2 aromatic carbocycles. The van der Waals surface area contributed by atoms with Crippen LogP contribution in [0.25, 0.3) is 17.3 Å². The van der Waals surface area contributed by atoms with Crippen LogP contribution in [0, 0.1) is 12.8 Å². The summed E-state index contributed by atoms with van der Waals surface area (Å²) in [6.07, 6.45) is 9.14. The maximum Gasteiger partial charge on any atom is 0.335 e. The number of amides is 1. The number of aryl methyl sites for hydroxylation is 2. The van der Waals surface area contributed by atoms with Crippen molar-refractivity contribution < 1.29 is 19.1 Å². The van der Waals surface area contributed by atoms with Crippen molar-refractivity contribution in [1.29, 1.82) is 0 Å². The maximum absolute atomic E-state index is 14.7. The number of carboxylic acids is 1. The lowest BCUT2D eigenvalue weighted by molar-refractivity contribution is 0.0696. The largest absolute Gasteiger partial charge is 0.478 e. The van der Waals surface area contributed by atoms with Gasteiger partial charge in [0.25, 0.3) is 5.91 Å². The van der Waals surface area contributed by atoms with Gasteiger partial charge in [0.2, 0.25) is 0 Å². The zero-order valence-corrected chi connectivity index (χ0v) is 24.2. The number of allylic oxidation sites excluding steroid dienone is 7. The topological polar surface area (TPSA) is 84.2 Å². The van der Waals surface area contributed by atoms with E-state index in [1.54, 1.807) is 42.1 Å². The number of hydrogen-bond donors (Lipinski definition) is 2. The molecule has 7 heteroatoms. The Morgan fingerprint density at radius 1 is 1.07 bits per heavy atom. The summed E-state index contributed by atoms with van der Waals surface area (Å²) >= 11 is 0. The fourth-order valence-corrected chi connectivity index (χ4v) is 4.96. The number of rotatable bonds is 9. The summed E-state index contributed by atoms with van der Waals surface area (Å²) in [6, 6.07) is 14.2. The van der Waals surface area contributed by atoms with Gasteiger partial charge in [-0.1, -0.05) is 55.8 Å². The molecule has 212 valence electrons. The zero-order chi connectivity index (χ0) is 29.7. The normalized spacial score (nSPS) is 15.5. The second kappa shape index (κ2) is 12.8. The number of aromatic carboxylic acids is 1. The number of carboxylic acid groups (broad SMARTS) is 1. The van der Waals surface area contributed by atoms with Crippen LogP contribution in [0.15, 0.2) is 89.3 Å². The molecule has 1 heterocycles. The number of carbonyl (C=O) groups is 2. The quantitative estimate of drug-likeness (QED) is 0.286. The molecule has 6 nitrogen and oxygen atoms in total. The van der Waals surface area contributed by atoms with Crippen molar-refractivity contribution in [2.75, 3.05) is 0 Å². The van der Waals surface area contributed by atoms with Crippen LogP contribution < -0.4 is 5.32 Å². The molecule has 0 aliphatic heterocycles. The van der Waals surface area contributed by atoms with Crippen LogP contribution in [0.2, 0.25) is 0 Å². The van der Waals surface area contributed by atoms with E-state index < -0.39 is 5.97 Å². The van der Waals surface area contributed by atoms with E-state index in [-0.39, 0.29) is 35.5 Å². The number of hydrogen-bond acceptors (Lipinski definition) is 3. The third-order valence-electron chi connectivity index (χ3n) is 7.48. The predicted molar refractivity (Wildman–Crippen MR) is 161 cm³/mol. The smallest absolute Gasteiger partial charge is 0.335 e. The monoisotopic (exact) mass is 553 g/mol. The highest BCUT2D eigenvalue weighted by Crippen LogP contribution is 2.31. The highest BCUT2D eigenvalue weighted by molar-refractivity contribution is 5.93. The van der Waals surface area contributed by atoms with Gasteiger partial charge in [-0.2, -0.15) is 5.10 Å². The maximum atomic E-state index is 14.7. The molecule has 1 amide bonds. The number of halogens is 1. The fraction of sp³-hybridized carbons (Fsp3) is 0.265. The van der Waals surface area contributed by atoms with Gasteiger partial charge in [-0.25, -0.2) is 9.18 Å². The third kappa shape index (κ3) is 6.98. The first-order valence-corrected chi connectivity index (χ1v) is 13.8. The van der Waals surface area contributed by atoms with Crippen molar-refractivity contribution in [1.82, 2.24) is 15.1 Å². The van der Waals surface area contributed by atoms with E-state index in [0.29, 0.717) is 0 Å². The lowest BCUT2D eigenvalue weighted by atomic mass is 9.93. The Morgan fingerprint density at radius 3 is 2.46 bits per heavy atom. The molecule has 0 saturated carbocycles. The highest BCUT2D eigenvalue weighted by Gasteiger charge is 2.16. The summed E-state index contributed by atoms with van der Waals surface area (Å²) in [7, 11) is 1.80. The summed E-state index contributed by atoms with van der Waals surface area (Å²) in [5.74, 6) is -1.42. The number of aromatic nitrogens is 2. The van der Waals surface area contributed by atoms with E-state index in [1.807, 2.05) is 19.1 Å². The zero-order valence-electron chi connectivity index (χ0n) is 24.2. The summed E-state index contributed by atoms with van der Waals surface area (Å²) in [6.45, 7) is 8.50. The van der Waals surface area contributed by atoms with Crippen LogP contribution in [0.4, 0.5) is 4.39 Å². The van der Waals surface area contributed by atoms with Gasteiger partial charge in [0.15, 0.2) is 5.69 Å². The molecule has 1 atom stereocenters.